The molecule has 3 rings (SSSR count). The molecule has 12 heteroatoms. The molecule has 174 valence electrons. The zero-order valence-electron chi connectivity index (χ0n) is 17.1. The first-order chi connectivity index (χ1) is 15.1. The normalized spacial score (nSPS) is 16.7. The lowest BCUT2D eigenvalue weighted by Gasteiger charge is -2.18. The number of rotatable bonds is 10. The third-order valence-corrected chi connectivity index (χ3v) is 5.72. The molecule has 1 aliphatic heterocycles. The second-order valence-electron chi connectivity index (χ2n) is 7.45. The zero-order valence-corrected chi connectivity index (χ0v) is 18.0. The molecule has 2 heterocycles. The number of carbonyl (C=O) groups excluding carboxylic acids is 2. The van der Waals surface area contributed by atoms with Crippen LogP contribution in [0.4, 0.5) is 0 Å². The molecule has 11 nitrogen and oxygen atoms in total. The van der Waals surface area contributed by atoms with Gasteiger partial charge in [-0.25, -0.2) is 9.59 Å². The monoisotopic (exact) mass is 469 g/mol. The number of hydrogen-bond acceptors (Lipinski definition) is 8. The molecule has 1 aliphatic rings. The molecule has 0 spiro atoms. The topological polar surface area (TPSA) is 164 Å². The summed E-state index contributed by atoms with van der Waals surface area (Å²) >= 11 is 0. The lowest BCUT2D eigenvalue weighted by Crippen LogP contribution is -2.35. The SMILES string of the molecule is O=C(Cc1ccc2c(COCCCCP(=O)(O)O)cc(=O)oc2c1)ON1C(=O)CCC1O. The number of nitrogens with zero attached hydrogens (tertiary/aromatic N) is 1. The third-order valence-electron chi connectivity index (χ3n) is 4.82. The van der Waals surface area contributed by atoms with Crippen molar-refractivity contribution in [3.63, 3.8) is 0 Å². The van der Waals surface area contributed by atoms with Gasteiger partial charge < -0.3 is 28.9 Å². The van der Waals surface area contributed by atoms with Gasteiger partial charge in [0, 0.05) is 37.1 Å². The van der Waals surface area contributed by atoms with E-state index in [0.29, 0.717) is 34.4 Å². The summed E-state index contributed by atoms with van der Waals surface area (Å²) in [5, 5.41) is 10.9. The lowest BCUT2D eigenvalue weighted by atomic mass is 10.1. The van der Waals surface area contributed by atoms with Crippen LogP contribution in [0.15, 0.2) is 33.5 Å². The van der Waals surface area contributed by atoms with Crippen molar-refractivity contribution in [1.29, 1.82) is 0 Å². The number of carbonyl (C=O) groups is 2. The Labute approximate surface area is 182 Å². The summed E-state index contributed by atoms with van der Waals surface area (Å²) in [6.07, 6.45) is -0.473. The van der Waals surface area contributed by atoms with Crippen LogP contribution in [0.5, 0.6) is 0 Å². The number of hydrogen-bond donors (Lipinski definition) is 3. The molecule has 1 atom stereocenters. The van der Waals surface area contributed by atoms with E-state index in [1.54, 1.807) is 12.1 Å². The van der Waals surface area contributed by atoms with Crippen molar-refractivity contribution < 1.29 is 43.0 Å². The highest BCUT2D eigenvalue weighted by Gasteiger charge is 2.32. The van der Waals surface area contributed by atoms with E-state index in [0.717, 1.165) is 0 Å². The van der Waals surface area contributed by atoms with Crippen LogP contribution in [0.3, 0.4) is 0 Å². The highest BCUT2D eigenvalue weighted by atomic mass is 31.2. The van der Waals surface area contributed by atoms with E-state index in [2.05, 4.69) is 0 Å². The Balaban J connectivity index is 1.61. The maximum atomic E-state index is 12.1. The predicted octanol–water partition coefficient (Wildman–Crippen LogP) is 1.21. The standard InChI is InChI=1S/C20H24NO10P/c22-17-5-6-18(23)21(17)31-20(25)10-13-3-4-15-14(11-19(24)30-16(15)9-13)12-29-7-1-2-8-32(26,27)28/h3-4,9,11,17,22H,1-2,5-8,10,12H2,(H2,26,27,28). The molecule has 1 aromatic carbocycles. The van der Waals surface area contributed by atoms with Crippen LogP contribution >= 0.6 is 7.60 Å². The lowest BCUT2D eigenvalue weighted by molar-refractivity contribution is -0.220. The Kier molecular flexibility index (Phi) is 7.81. The molecule has 0 aliphatic carbocycles. The van der Waals surface area contributed by atoms with Crippen LogP contribution in [-0.2, 0) is 36.8 Å². The quantitative estimate of drug-likeness (QED) is 0.262. The van der Waals surface area contributed by atoms with E-state index < -0.39 is 31.3 Å². The zero-order chi connectivity index (χ0) is 23.3. The van der Waals surface area contributed by atoms with Crippen molar-refractivity contribution in [1.82, 2.24) is 5.06 Å². The molecule has 1 saturated heterocycles. The smallest absolute Gasteiger partial charge is 0.337 e. The second kappa shape index (κ2) is 10.4. The third kappa shape index (κ3) is 6.72. The van der Waals surface area contributed by atoms with Gasteiger partial charge in [0.2, 0.25) is 0 Å². The van der Waals surface area contributed by atoms with Gasteiger partial charge in [0.25, 0.3) is 5.91 Å². The van der Waals surface area contributed by atoms with Crippen LogP contribution in [0.25, 0.3) is 11.0 Å². The Hall–Kier alpha value is -2.56. The number of ether oxygens (including phenoxy) is 1. The van der Waals surface area contributed by atoms with Gasteiger partial charge in [-0.05, 0) is 30.0 Å². The average Bonchev–Trinajstić information content (AvgIpc) is 3.01. The number of fused-ring (bicyclic) bond motifs is 1. The molecule has 1 fully saturated rings. The molecule has 1 aromatic heterocycles. The second-order valence-corrected chi connectivity index (χ2v) is 9.22. The van der Waals surface area contributed by atoms with Crippen molar-refractivity contribution >= 4 is 30.4 Å². The van der Waals surface area contributed by atoms with E-state index in [1.807, 2.05) is 0 Å². The Morgan fingerprint density at radius 2 is 2.00 bits per heavy atom. The van der Waals surface area contributed by atoms with E-state index in [1.165, 1.54) is 12.1 Å². The fraction of sp³-hybridized carbons (Fsp3) is 0.450. The van der Waals surface area contributed by atoms with Crippen molar-refractivity contribution in [2.75, 3.05) is 12.8 Å². The molecule has 0 radical (unpaired) electrons. The summed E-state index contributed by atoms with van der Waals surface area (Å²) in [4.78, 5) is 58.3. The fourth-order valence-electron chi connectivity index (χ4n) is 3.27. The Morgan fingerprint density at radius 1 is 1.22 bits per heavy atom. The molecular weight excluding hydrogens is 445 g/mol. The predicted molar refractivity (Wildman–Crippen MR) is 110 cm³/mol. The van der Waals surface area contributed by atoms with Crippen LogP contribution in [0.1, 0.15) is 36.8 Å². The minimum Gasteiger partial charge on any atom is -0.423 e. The van der Waals surface area contributed by atoms with Crippen LogP contribution in [-0.4, -0.2) is 50.8 Å². The van der Waals surface area contributed by atoms with E-state index in [4.69, 9.17) is 23.8 Å². The van der Waals surface area contributed by atoms with E-state index >= 15 is 0 Å². The van der Waals surface area contributed by atoms with E-state index in [-0.39, 0.29) is 44.2 Å². The number of unbranched alkanes of at least 4 members (excludes halogenated alkanes) is 1. The number of benzene rings is 1. The van der Waals surface area contributed by atoms with Crippen molar-refractivity contribution in [2.24, 2.45) is 0 Å². The summed E-state index contributed by atoms with van der Waals surface area (Å²) in [6, 6.07) is 6.13. The highest BCUT2D eigenvalue weighted by molar-refractivity contribution is 7.51. The van der Waals surface area contributed by atoms with Gasteiger partial charge in [-0.3, -0.25) is 9.36 Å². The van der Waals surface area contributed by atoms with Crippen LogP contribution in [0, 0.1) is 0 Å². The van der Waals surface area contributed by atoms with Gasteiger partial charge in [0.15, 0.2) is 6.23 Å². The van der Waals surface area contributed by atoms with Crippen molar-refractivity contribution in [3.05, 3.63) is 45.8 Å². The minimum absolute atomic E-state index is 0.101. The first kappa shape index (κ1) is 24.1. The van der Waals surface area contributed by atoms with Gasteiger partial charge in [-0.1, -0.05) is 12.1 Å². The van der Waals surface area contributed by atoms with Gasteiger partial charge in [-0.2, -0.15) is 0 Å². The maximum Gasteiger partial charge on any atom is 0.337 e. The van der Waals surface area contributed by atoms with Crippen molar-refractivity contribution in [3.8, 4) is 0 Å². The summed E-state index contributed by atoms with van der Waals surface area (Å²) in [5.74, 6) is -1.21. The number of hydroxylamine groups is 2. The molecule has 0 bridgehead atoms. The molecule has 1 amide bonds. The maximum absolute atomic E-state index is 12.1. The van der Waals surface area contributed by atoms with Gasteiger partial charge in [0.05, 0.1) is 13.0 Å². The molecule has 2 aromatic rings. The summed E-state index contributed by atoms with van der Waals surface area (Å²) in [7, 11) is -4.02. The van der Waals surface area contributed by atoms with Crippen molar-refractivity contribution in [2.45, 2.75) is 44.9 Å². The summed E-state index contributed by atoms with van der Waals surface area (Å²) < 4.78 is 21.6. The fourth-order valence-corrected chi connectivity index (χ4v) is 3.91. The van der Waals surface area contributed by atoms with Gasteiger partial charge in [0.1, 0.15) is 5.58 Å². The number of aliphatic hydroxyl groups is 1. The number of aliphatic hydroxyl groups excluding tert-OH is 1. The van der Waals surface area contributed by atoms with Gasteiger partial charge in [-0.15, -0.1) is 5.06 Å². The highest BCUT2D eigenvalue weighted by Crippen LogP contribution is 2.35. The Bertz CT molecular complexity index is 1090. The van der Waals surface area contributed by atoms with E-state index in [9.17, 15) is 24.1 Å². The Morgan fingerprint density at radius 3 is 2.69 bits per heavy atom. The van der Waals surface area contributed by atoms with Crippen LogP contribution < -0.4 is 5.63 Å². The number of amides is 1. The molecule has 0 saturated carbocycles. The molecular formula is C20H24NO10P. The summed E-state index contributed by atoms with van der Waals surface area (Å²) in [5.41, 5.74) is 0.719. The molecule has 1 unspecified atom stereocenters. The first-order valence-corrected chi connectivity index (χ1v) is 11.8. The first-order valence-electron chi connectivity index (χ1n) is 10.0. The van der Waals surface area contributed by atoms with Crippen LogP contribution in [0.2, 0.25) is 0 Å². The molecule has 32 heavy (non-hydrogen) atoms. The van der Waals surface area contributed by atoms with Gasteiger partial charge >= 0.3 is 19.2 Å². The average molecular weight is 469 g/mol. The minimum atomic E-state index is -4.02. The summed E-state index contributed by atoms with van der Waals surface area (Å²) in [6.45, 7) is 0.376. The molecule has 3 N–H and O–H groups in total. The largest absolute Gasteiger partial charge is 0.423 e.